The number of rotatable bonds is 12. The molecule has 358 valence electrons. The number of ether oxygens (including phenoxy) is 2. The van der Waals surface area contributed by atoms with Gasteiger partial charge in [-0.25, -0.2) is 5.43 Å². The summed E-state index contributed by atoms with van der Waals surface area (Å²) in [7, 11) is 4.81. The number of methoxy groups -OCH3 is 1. The Morgan fingerprint density at radius 3 is 2.55 bits per heavy atom. The van der Waals surface area contributed by atoms with Crippen LogP contribution in [0.2, 0.25) is 0 Å². The monoisotopic (exact) mass is 919 g/mol. The van der Waals surface area contributed by atoms with Gasteiger partial charge in [0, 0.05) is 81.0 Å². The van der Waals surface area contributed by atoms with E-state index in [1.54, 1.807) is 39.5 Å². The van der Waals surface area contributed by atoms with E-state index in [9.17, 15) is 29.1 Å². The first-order valence-electron chi connectivity index (χ1n) is 23.7. The molecule has 3 fully saturated rings. The van der Waals surface area contributed by atoms with Gasteiger partial charge in [0.1, 0.15) is 29.9 Å². The number of benzene rings is 2. The third-order valence-electron chi connectivity index (χ3n) is 13.8. The number of carbonyl (C=O) groups is 5. The van der Waals surface area contributed by atoms with Crippen molar-refractivity contribution in [1.82, 2.24) is 40.4 Å². The number of carbonyl (C=O) groups excluding carboxylic acids is 5. The van der Waals surface area contributed by atoms with Gasteiger partial charge < -0.3 is 34.3 Å². The Bertz CT molecular complexity index is 2550. The maximum Gasteiger partial charge on any atom is 0.324 e. The summed E-state index contributed by atoms with van der Waals surface area (Å²) in [6.07, 6.45) is 7.31. The van der Waals surface area contributed by atoms with E-state index in [-0.39, 0.29) is 55.8 Å². The second-order valence-electron chi connectivity index (χ2n) is 20.1. The van der Waals surface area contributed by atoms with Crippen LogP contribution in [0.1, 0.15) is 77.0 Å². The zero-order chi connectivity index (χ0) is 47.9. The largest absolute Gasteiger partial charge is 0.508 e. The molecule has 8 rings (SSSR count). The molecule has 2 aromatic heterocycles. The Morgan fingerprint density at radius 1 is 1.06 bits per heavy atom. The van der Waals surface area contributed by atoms with E-state index in [2.05, 4.69) is 58.5 Å². The van der Waals surface area contributed by atoms with Crippen LogP contribution in [0.5, 0.6) is 5.75 Å². The molecule has 67 heavy (non-hydrogen) atoms. The molecule has 1 aliphatic carbocycles. The smallest absolute Gasteiger partial charge is 0.324 e. The highest BCUT2D eigenvalue weighted by Crippen LogP contribution is 2.42. The van der Waals surface area contributed by atoms with Crippen LogP contribution in [0, 0.1) is 17.3 Å². The highest BCUT2D eigenvalue weighted by atomic mass is 16.5. The fourth-order valence-electron chi connectivity index (χ4n) is 10.1. The van der Waals surface area contributed by atoms with Crippen molar-refractivity contribution in [2.45, 2.75) is 117 Å². The first-order chi connectivity index (χ1) is 32.0. The summed E-state index contributed by atoms with van der Waals surface area (Å²) in [4.78, 5) is 77.4. The third kappa shape index (κ3) is 10.2. The van der Waals surface area contributed by atoms with Crippen molar-refractivity contribution in [1.29, 1.82) is 0 Å². The first-order valence-corrected chi connectivity index (χ1v) is 23.7. The number of hydrazine groups is 1. The highest BCUT2D eigenvalue weighted by molar-refractivity contribution is 5.96. The Labute approximate surface area is 392 Å². The average Bonchev–Trinajstić information content (AvgIpc) is 4.24. The minimum atomic E-state index is -1.17. The lowest BCUT2D eigenvalue weighted by Crippen LogP contribution is -2.62. The molecule has 6 bridgehead atoms. The number of hydrogen-bond donors (Lipinski definition) is 4. The zero-order valence-electron chi connectivity index (χ0n) is 40.1. The zero-order valence-corrected chi connectivity index (χ0v) is 40.1. The van der Waals surface area contributed by atoms with Crippen LogP contribution < -0.4 is 16.1 Å². The summed E-state index contributed by atoms with van der Waals surface area (Å²) >= 11 is 0. The maximum absolute atomic E-state index is 14.7. The number of nitrogens with one attached hydrogen (secondary N) is 3. The number of likely N-dealkylation sites (N-methyl/N-ethyl adjacent to an activating group) is 2. The minimum Gasteiger partial charge on any atom is -0.508 e. The van der Waals surface area contributed by atoms with E-state index in [1.807, 2.05) is 38.2 Å². The number of esters is 1. The van der Waals surface area contributed by atoms with Crippen LogP contribution in [0.15, 0.2) is 54.9 Å². The number of hydrogen-bond acceptors (Lipinski definition) is 11. The summed E-state index contributed by atoms with van der Waals surface area (Å²) in [6.45, 7) is 11.1. The van der Waals surface area contributed by atoms with Crippen molar-refractivity contribution < 1.29 is 38.6 Å². The van der Waals surface area contributed by atoms with Gasteiger partial charge in [-0.2, -0.15) is 0 Å². The number of fused-ring (bicyclic) bond motifs is 6. The fraction of sp³-hybridized carbons (Fsp3) is 0.529. The topological polar surface area (TPSA) is 198 Å². The van der Waals surface area contributed by atoms with Crippen molar-refractivity contribution >= 4 is 40.5 Å². The van der Waals surface area contributed by atoms with E-state index in [0.717, 1.165) is 51.7 Å². The number of aryl methyl sites for hydroxylation is 1. The van der Waals surface area contributed by atoms with E-state index in [0.29, 0.717) is 49.5 Å². The van der Waals surface area contributed by atoms with Crippen LogP contribution in [-0.2, 0) is 59.4 Å². The molecule has 4 N–H and O–H groups in total. The Kier molecular flexibility index (Phi) is 13.8. The molecule has 0 unspecified atom stereocenters. The van der Waals surface area contributed by atoms with Crippen LogP contribution in [0.25, 0.3) is 33.3 Å². The number of pyridine rings is 1. The SMILES string of the molecule is CCn1c(-c2cnccc2COC)c2c3cc(ccc31)-c1cc(O)cc(c1)C[C@H](NC(=O)[C@H](C(C)C)N(C)C(=O)CN(C)C(=O)[C@H]1N[C@@H]1C1CC1)C(=O)N1CCC[C@H](N1)C(=O)OCC(C)(C)C2. The number of amides is 4. The van der Waals surface area contributed by atoms with Crippen LogP contribution >= 0.6 is 0 Å². The van der Waals surface area contributed by atoms with Gasteiger partial charge in [-0.1, -0.05) is 39.8 Å². The molecule has 2 saturated heterocycles. The summed E-state index contributed by atoms with van der Waals surface area (Å²) in [5.74, 6) is -1.95. The number of phenolic OH excluding ortho intramolecular Hbond substituents is 1. The van der Waals surface area contributed by atoms with Crippen molar-refractivity contribution in [3.8, 4) is 28.1 Å². The van der Waals surface area contributed by atoms with Crippen molar-refractivity contribution in [3.63, 3.8) is 0 Å². The van der Waals surface area contributed by atoms with Crippen molar-refractivity contribution in [2.75, 3.05) is 40.9 Å². The predicted molar refractivity (Wildman–Crippen MR) is 253 cm³/mol. The summed E-state index contributed by atoms with van der Waals surface area (Å²) < 4.78 is 14.0. The van der Waals surface area contributed by atoms with E-state index in [4.69, 9.17) is 9.47 Å². The average molecular weight is 919 g/mol. The van der Waals surface area contributed by atoms with E-state index >= 15 is 0 Å². The molecule has 0 radical (unpaired) electrons. The third-order valence-corrected chi connectivity index (χ3v) is 13.8. The van der Waals surface area contributed by atoms with Gasteiger partial charge in [-0.15, -0.1) is 0 Å². The van der Waals surface area contributed by atoms with Crippen LogP contribution in [0.4, 0.5) is 0 Å². The van der Waals surface area contributed by atoms with Gasteiger partial charge in [-0.3, -0.25) is 39.3 Å². The second kappa shape index (κ2) is 19.4. The molecule has 4 aromatic rings. The van der Waals surface area contributed by atoms with E-state index < -0.39 is 47.2 Å². The standard InChI is InChI=1S/C51H66N8O8/c1-9-58-41-15-14-32-23-36(41)37(46(58)38-25-52-17-16-33(38)27-66-8)24-51(4,5)28-67-50(65)39-11-10-18-59(55-39)48(63)40(21-30-19-34(32)22-35(60)20-30)53-47(62)45(29(2)3)57(7)42(61)26-56(6)49(64)44-43(54-44)31-12-13-31/h14-17,19-20,22-23,25,29,31,39-40,43-45,54-55,60H,9-13,18,21,24,26-28H2,1-8H3,(H,53,62)/t39-,40-,43+,44-,45-/m0/s1. The fourth-order valence-corrected chi connectivity index (χ4v) is 10.1. The molecule has 4 aliphatic rings. The molecule has 16 heteroatoms. The highest BCUT2D eigenvalue weighted by Gasteiger charge is 2.52. The van der Waals surface area contributed by atoms with Crippen molar-refractivity contribution in [3.05, 3.63) is 71.5 Å². The van der Waals surface area contributed by atoms with Gasteiger partial charge in [0.15, 0.2) is 0 Å². The molecule has 16 nitrogen and oxygen atoms in total. The summed E-state index contributed by atoms with van der Waals surface area (Å²) in [5, 5.41) is 19.9. The quantitative estimate of drug-likeness (QED) is 0.115. The van der Waals surface area contributed by atoms with Gasteiger partial charge in [0.2, 0.25) is 17.7 Å². The lowest BCUT2D eigenvalue weighted by atomic mass is 9.84. The normalized spacial score (nSPS) is 22.2. The van der Waals surface area contributed by atoms with Gasteiger partial charge in [0.05, 0.1) is 25.5 Å². The molecule has 4 amide bonds. The number of phenols is 1. The molecular formula is C51H66N8O8. The second-order valence-corrected chi connectivity index (χ2v) is 20.1. The number of cyclic esters (lactones) is 1. The number of aromatic hydroxyl groups is 1. The minimum absolute atomic E-state index is 0.0138. The van der Waals surface area contributed by atoms with Crippen LogP contribution in [0.3, 0.4) is 0 Å². The molecule has 1 saturated carbocycles. The van der Waals surface area contributed by atoms with Crippen molar-refractivity contribution in [2.24, 2.45) is 17.3 Å². The first kappa shape index (κ1) is 47.6. The Morgan fingerprint density at radius 2 is 1.84 bits per heavy atom. The number of aromatic nitrogens is 2. The summed E-state index contributed by atoms with van der Waals surface area (Å²) in [5.41, 5.74) is 9.72. The molecule has 2 aromatic carbocycles. The number of nitrogens with zero attached hydrogens (tertiary/aromatic N) is 5. The Balaban J connectivity index is 1.15. The molecular weight excluding hydrogens is 853 g/mol. The van der Waals surface area contributed by atoms with E-state index in [1.165, 1.54) is 14.8 Å². The molecule has 5 heterocycles. The molecule has 3 aliphatic heterocycles. The molecule has 0 spiro atoms. The van der Waals surface area contributed by atoms with Gasteiger partial charge >= 0.3 is 5.97 Å². The lowest BCUT2D eigenvalue weighted by Gasteiger charge is -2.37. The van der Waals surface area contributed by atoms with Gasteiger partial charge in [-0.05, 0) is 109 Å². The van der Waals surface area contributed by atoms with Crippen LogP contribution in [-0.4, -0.2) is 130 Å². The maximum atomic E-state index is 14.7. The van der Waals surface area contributed by atoms with Gasteiger partial charge in [0.25, 0.3) is 5.91 Å². The predicted octanol–water partition coefficient (Wildman–Crippen LogP) is 4.58. The molecule has 5 atom stereocenters. The Hall–Kier alpha value is -5.84. The lowest BCUT2D eigenvalue weighted by molar-refractivity contribution is -0.155. The summed E-state index contributed by atoms with van der Waals surface area (Å²) in [6, 6.07) is 10.3.